The van der Waals surface area contributed by atoms with Crippen LogP contribution in [0.25, 0.3) is 0 Å². The van der Waals surface area contributed by atoms with E-state index in [0.29, 0.717) is 25.9 Å². The van der Waals surface area contributed by atoms with Crippen molar-refractivity contribution in [3.05, 3.63) is 0 Å². The van der Waals surface area contributed by atoms with Crippen molar-refractivity contribution in [2.45, 2.75) is 501 Å². The molecule has 2 atom stereocenters. The predicted octanol–water partition coefficient (Wildman–Crippen LogP) is 27.3. The van der Waals surface area contributed by atoms with Gasteiger partial charge >= 0.3 is 5.97 Å². The lowest BCUT2D eigenvalue weighted by atomic mass is 10.0. The average molecular weight is 1240 g/mol. The predicted molar refractivity (Wildman–Crippen MR) is 389 cm³/mol. The van der Waals surface area contributed by atoms with Crippen molar-refractivity contribution in [3.63, 3.8) is 0 Å². The highest BCUT2D eigenvalue weighted by Gasteiger charge is 2.20. The smallest absolute Gasteiger partial charge is 0.305 e. The molecular formula is C82H163NO5. The standard InChI is InChI=1S/C82H163NO5/c1-3-5-7-9-11-13-15-17-19-21-22-23-37-40-43-46-50-54-58-62-66-70-74-80(85)79(78-84)83-81(86)75-71-67-63-59-55-51-47-44-41-38-35-33-31-29-27-25-24-26-28-30-32-34-36-39-42-45-49-53-57-61-65-69-73-77-88-82(87)76-72-68-64-60-56-52-48-20-18-16-14-12-10-8-6-4-2/h79-80,84-85H,3-78H2,1-2H3,(H,83,86). The molecule has 1 amide bonds. The van der Waals surface area contributed by atoms with Gasteiger partial charge < -0.3 is 20.3 Å². The quantitative estimate of drug-likeness (QED) is 0.0417. The van der Waals surface area contributed by atoms with Crippen molar-refractivity contribution >= 4 is 11.9 Å². The number of rotatable bonds is 79. The first-order valence-corrected chi connectivity index (χ1v) is 41.3. The molecule has 0 heterocycles. The van der Waals surface area contributed by atoms with Crippen molar-refractivity contribution in [1.82, 2.24) is 5.32 Å². The maximum atomic E-state index is 12.6. The third-order valence-corrected chi connectivity index (χ3v) is 19.9. The van der Waals surface area contributed by atoms with E-state index in [0.717, 1.165) is 38.5 Å². The zero-order valence-electron chi connectivity index (χ0n) is 60.5. The van der Waals surface area contributed by atoms with Gasteiger partial charge in [0.2, 0.25) is 5.91 Å². The Morgan fingerprint density at radius 2 is 0.466 bits per heavy atom. The van der Waals surface area contributed by atoms with Gasteiger partial charge in [-0.15, -0.1) is 0 Å². The summed E-state index contributed by atoms with van der Waals surface area (Å²) in [5.41, 5.74) is 0. The molecule has 0 fully saturated rings. The van der Waals surface area contributed by atoms with E-state index in [9.17, 15) is 19.8 Å². The highest BCUT2D eigenvalue weighted by atomic mass is 16.5. The third-order valence-electron chi connectivity index (χ3n) is 19.9. The maximum Gasteiger partial charge on any atom is 0.305 e. The molecule has 526 valence electrons. The van der Waals surface area contributed by atoms with Gasteiger partial charge in [-0.3, -0.25) is 9.59 Å². The summed E-state index contributed by atoms with van der Waals surface area (Å²) in [5, 5.41) is 23.5. The zero-order valence-corrected chi connectivity index (χ0v) is 60.5. The molecule has 88 heavy (non-hydrogen) atoms. The molecule has 3 N–H and O–H groups in total. The van der Waals surface area contributed by atoms with Gasteiger partial charge in [-0.05, 0) is 25.7 Å². The highest BCUT2D eigenvalue weighted by molar-refractivity contribution is 5.76. The third kappa shape index (κ3) is 73.9. The molecule has 2 unspecified atom stereocenters. The van der Waals surface area contributed by atoms with Crippen LogP contribution in [0.1, 0.15) is 489 Å². The maximum absolute atomic E-state index is 12.6. The number of esters is 1. The van der Waals surface area contributed by atoms with Crippen molar-refractivity contribution in [2.75, 3.05) is 13.2 Å². The Bertz CT molecular complexity index is 1290. The molecule has 0 rings (SSSR count). The van der Waals surface area contributed by atoms with Crippen LogP contribution in [0.2, 0.25) is 0 Å². The van der Waals surface area contributed by atoms with E-state index >= 15 is 0 Å². The fourth-order valence-corrected chi connectivity index (χ4v) is 13.6. The molecule has 0 radical (unpaired) electrons. The summed E-state index contributed by atoms with van der Waals surface area (Å²) in [6, 6.07) is -0.538. The molecule has 0 aromatic carbocycles. The first-order valence-electron chi connectivity index (χ1n) is 41.3. The fraction of sp³-hybridized carbons (Fsp3) is 0.976. The second-order valence-corrected chi connectivity index (χ2v) is 28.8. The number of hydrogen-bond acceptors (Lipinski definition) is 5. The van der Waals surface area contributed by atoms with Crippen LogP contribution in [0.15, 0.2) is 0 Å². The lowest BCUT2D eigenvalue weighted by Gasteiger charge is -2.22. The second kappa shape index (κ2) is 78.3. The summed E-state index contributed by atoms with van der Waals surface area (Å²) in [7, 11) is 0. The highest BCUT2D eigenvalue weighted by Crippen LogP contribution is 2.21. The van der Waals surface area contributed by atoms with Gasteiger partial charge in [-0.2, -0.15) is 0 Å². The van der Waals surface area contributed by atoms with Crippen LogP contribution in [0.4, 0.5) is 0 Å². The second-order valence-electron chi connectivity index (χ2n) is 28.8. The Morgan fingerprint density at radius 1 is 0.273 bits per heavy atom. The largest absolute Gasteiger partial charge is 0.466 e. The Morgan fingerprint density at radius 3 is 0.693 bits per heavy atom. The number of unbranched alkanes of at least 4 members (excludes halogenated alkanes) is 68. The molecule has 0 aliphatic heterocycles. The van der Waals surface area contributed by atoms with Gasteiger partial charge in [0, 0.05) is 12.8 Å². The molecule has 0 aliphatic rings. The van der Waals surface area contributed by atoms with Gasteiger partial charge in [0.1, 0.15) is 0 Å². The van der Waals surface area contributed by atoms with E-state index in [-0.39, 0.29) is 18.5 Å². The lowest BCUT2D eigenvalue weighted by molar-refractivity contribution is -0.143. The number of aliphatic hydroxyl groups excluding tert-OH is 2. The molecule has 0 saturated heterocycles. The normalized spacial score (nSPS) is 12.4. The first kappa shape index (κ1) is 86.9. The van der Waals surface area contributed by atoms with E-state index in [2.05, 4.69) is 19.2 Å². The summed E-state index contributed by atoms with van der Waals surface area (Å²) < 4.78 is 5.51. The van der Waals surface area contributed by atoms with Crippen LogP contribution >= 0.6 is 0 Å². The zero-order chi connectivity index (χ0) is 63.5. The molecule has 0 aromatic rings. The topological polar surface area (TPSA) is 95.9 Å². The lowest BCUT2D eigenvalue weighted by Crippen LogP contribution is -2.45. The SMILES string of the molecule is CCCCCCCCCCCCCCCCCCCCCCCCC(O)C(CO)NC(=O)CCCCCCCCCCCCCCCCCCCCCCCCCCCCCCCCCCCOC(=O)CCCCCCCCCCCCCCCCCC. The summed E-state index contributed by atoms with van der Waals surface area (Å²) >= 11 is 0. The summed E-state index contributed by atoms with van der Waals surface area (Å²) in [6.45, 7) is 5.03. The molecule has 0 saturated carbocycles. The Labute approximate surface area is 553 Å². The van der Waals surface area contributed by atoms with Crippen LogP contribution in [-0.2, 0) is 14.3 Å². The molecule has 0 aromatic heterocycles. The molecule has 6 heteroatoms. The minimum absolute atomic E-state index is 0.0237. The molecular weight excluding hydrogens is 1080 g/mol. The number of carbonyl (C=O) groups excluding carboxylic acids is 2. The van der Waals surface area contributed by atoms with Gasteiger partial charge in [0.25, 0.3) is 0 Å². The minimum atomic E-state index is -0.661. The first-order chi connectivity index (χ1) is 43.5. The summed E-state index contributed by atoms with van der Waals surface area (Å²) in [6.07, 6.45) is 97.8. The van der Waals surface area contributed by atoms with Crippen LogP contribution in [-0.4, -0.2) is 47.4 Å². The van der Waals surface area contributed by atoms with Gasteiger partial charge in [0.05, 0.1) is 25.4 Å². The number of ether oxygens (including phenoxy) is 1. The summed E-state index contributed by atoms with van der Waals surface area (Å²) in [4.78, 5) is 24.7. The van der Waals surface area contributed by atoms with Crippen LogP contribution in [0.3, 0.4) is 0 Å². The molecule has 6 nitrogen and oxygen atoms in total. The minimum Gasteiger partial charge on any atom is -0.466 e. The van der Waals surface area contributed by atoms with Crippen LogP contribution < -0.4 is 5.32 Å². The van der Waals surface area contributed by atoms with E-state index in [1.165, 1.54) is 417 Å². The van der Waals surface area contributed by atoms with Crippen LogP contribution in [0, 0.1) is 0 Å². The van der Waals surface area contributed by atoms with E-state index in [1.807, 2.05) is 0 Å². The van der Waals surface area contributed by atoms with Crippen molar-refractivity contribution in [1.29, 1.82) is 0 Å². The Balaban J connectivity index is 3.31. The van der Waals surface area contributed by atoms with Crippen LogP contribution in [0.5, 0.6) is 0 Å². The van der Waals surface area contributed by atoms with Gasteiger partial charge in [-0.25, -0.2) is 0 Å². The van der Waals surface area contributed by atoms with Gasteiger partial charge in [-0.1, -0.05) is 450 Å². The Hall–Kier alpha value is -1.14. The summed E-state index contributed by atoms with van der Waals surface area (Å²) in [5.74, 6) is 0.00315. The molecule has 0 spiro atoms. The van der Waals surface area contributed by atoms with Crippen molar-refractivity contribution < 1.29 is 24.5 Å². The number of aliphatic hydroxyl groups is 2. The van der Waals surface area contributed by atoms with E-state index < -0.39 is 12.1 Å². The van der Waals surface area contributed by atoms with Gasteiger partial charge in [0.15, 0.2) is 0 Å². The number of hydrogen-bond donors (Lipinski definition) is 3. The van der Waals surface area contributed by atoms with Crippen molar-refractivity contribution in [2.24, 2.45) is 0 Å². The molecule has 0 bridgehead atoms. The average Bonchev–Trinajstić information content (AvgIpc) is 3.58. The number of amides is 1. The molecule has 0 aliphatic carbocycles. The number of nitrogens with one attached hydrogen (secondary N) is 1. The number of carbonyl (C=O) groups is 2. The van der Waals surface area contributed by atoms with Crippen molar-refractivity contribution in [3.8, 4) is 0 Å². The monoisotopic (exact) mass is 1240 g/mol. The fourth-order valence-electron chi connectivity index (χ4n) is 13.6. The van der Waals surface area contributed by atoms with E-state index in [4.69, 9.17) is 4.74 Å². The van der Waals surface area contributed by atoms with E-state index in [1.54, 1.807) is 0 Å². The Kier molecular flexibility index (Phi) is 77.3.